The quantitative estimate of drug-likeness (QED) is 0.845. The lowest BCUT2D eigenvalue weighted by Gasteiger charge is -2.39. The van der Waals surface area contributed by atoms with Gasteiger partial charge in [0.1, 0.15) is 11.5 Å². The molecule has 0 aliphatic carbocycles. The molecule has 1 aromatic heterocycles. The molecule has 24 heavy (non-hydrogen) atoms. The molecule has 2 fully saturated rings. The number of methoxy groups -OCH3 is 2. The Hall–Kier alpha value is -2.01. The standard InChI is InChI=1S/C19H25N3O2/c1-23-18-8-14(9-19(12-18)24-2)13-21-15-4-5-16(21)11-17(10-15)22-7-3-6-20-22/h3,6-9,12,15-17H,4-5,10-11,13H2,1-2H3. The normalized spacial score (nSPS) is 26.5. The van der Waals surface area contributed by atoms with Crippen LogP contribution in [0.15, 0.2) is 36.7 Å². The van der Waals surface area contributed by atoms with E-state index in [0.29, 0.717) is 18.1 Å². The average Bonchev–Trinajstić information content (AvgIpc) is 3.21. The zero-order valence-electron chi connectivity index (χ0n) is 14.4. The van der Waals surface area contributed by atoms with Crippen LogP contribution in [0, 0.1) is 0 Å². The van der Waals surface area contributed by atoms with E-state index in [1.54, 1.807) is 14.2 Å². The van der Waals surface area contributed by atoms with E-state index in [9.17, 15) is 0 Å². The van der Waals surface area contributed by atoms with Crippen molar-refractivity contribution in [2.45, 2.75) is 50.4 Å². The van der Waals surface area contributed by atoms with Crippen molar-refractivity contribution in [2.75, 3.05) is 14.2 Å². The van der Waals surface area contributed by atoms with Gasteiger partial charge in [0.15, 0.2) is 0 Å². The van der Waals surface area contributed by atoms with Crippen LogP contribution >= 0.6 is 0 Å². The summed E-state index contributed by atoms with van der Waals surface area (Å²) in [5.41, 5.74) is 1.26. The van der Waals surface area contributed by atoms with Gasteiger partial charge in [-0.15, -0.1) is 0 Å². The second-order valence-electron chi connectivity index (χ2n) is 6.89. The molecule has 2 aliphatic rings. The first-order valence-electron chi connectivity index (χ1n) is 8.73. The number of rotatable bonds is 5. The summed E-state index contributed by atoms with van der Waals surface area (Å²) < 4.78 is 13.0. The van der Waals surface area contributed by atoms with Crippen molar-refractivity contribution in [3.8, 4) is 11.5 Å². The van der Waals surface area contributed by atoms with E-state index in [1.165, 1.54) is 31.2 Å². The van der Waals surface area contributed by atoms with Crippen LogP contribution in [0.5, 0.6) is 11.5 Å². The van der Waals surface area contributed by atoms with Gasteiger partial charge < -0.3 is 9.47 Å². The molecule has 2 aliphatic heterocycles. The molecule has 5 nitrogen and oxygen atoms in total. The predicted molar refractivity (Wildman–Crippen MR) is 92.4 cm³/mol. The zero-order chi connectivity index (χ0) is 16.5. The first-order chi connectivity index (χ1) is 11.8. The largest absolute Gasteiger partial charge is 0.497 e. The Morgan fingerprint density at radius 2 is 1.67 bits per heavy atom. The topological polar surface area (TPSA) is 39.5 Å². The summed E-state index contributed by atoms with van der Waals surface area (Å²) in [6.45, 7) is 0.967. The maximum atomic E-state index is 5.41. The van der Waals surface area contributed by atoms with E-state index in [0.717, 1.165) is 18.0 Å². The second kappa shape index (κ2) is 6.48. The molecule has 0 spiro atoms. The molecule has 0 amide bonds. The van der Waals surface area contributed by atoms with Gasteiger partial charge in [0.2, 0.25) is 0 Å². The average molecular weight is 327 g/mol. The van der Waals surface area contributed by atoms with Gasteiger partial charge in [-0.05, 0) is 49.4 Å². The monoisotopic (exact) mass is 327 g/mol. The molecule has 2 atom stereocenters. The smallest absolute Gasteiger partial charge is 0.122 e. The highest BCUT2D eigenvalue weighted by atomic mass is 16.5. The molecule has 2 unspecified atom stereocenters. The van der Waals surface area contributed by atoms with Crippen LogP contribution in [0.4, 0.5) is 0 Å². The highest BCUT2D eigenvalue weighted by Gasteiger charge is 2.41. The Labute approximate surface area is 143 Å². The van der Waals surface area contributed by atoms with Crippen molar-refractivity contribution in [1.29, 1.82) is 0 Å². The maximum absolute atomic E-state index is 5.41. The molecule has 3 heterocycles. The third-order valence-electron chi connectivity index (χ3n) is 5.53. The Morgan fingerprint density at radius 3 is 2.21 bits per heavy atom. The Kier molecular flexibility index (Phi) is 4.19. The van der Waals surface area contributed by atoms with Crippen LogP contribution in [-0.2, 0) is 6.54 Å². The third kappa shape index (κ3) is 2.88. The van der Waals surface area contributed by atoms with Gasteiger partial charge in [0.25, 0.3) is 0 Å². The lowest BCUT2D eigenvalue weighted by atomic mass is 9.96. The molecule has 4 rings (SSSR count). The highest BCUT2D eigenvalue weighted by Crippen LogP contribution is 2.41. The first-order valence-corrected chi connectivity index (χ1v) is 8.73. The van der Waals surface area contributed by atoms with Gasteiger partial charge in [-0.1, -0.05) is 0 Å². The summed E-state index contributed by atoms with van der Waals surface area (Å²) in [7, 11) is 3.41. The van der Waals surface area contributed by atoms with Crippen LogP contribution in [-0.4, -0.2) is 41.0 Å². The summed E-state index contributed by atoms with van der Waals surface area (Å²) in [4.78, 5) is 2.67. The van der Waals surface area contributed by atoms with Gasteiger partial charge in [0.05, 0.1) is 20.3 Å². The van der Waals surface area contributed by atoms with E-state index in [4.69, 9.17) is 9.47 Å². The van der Waals surface area contributed by atoms with Gasteiger partial charge in [-0.2, -0.15) is 5.10 Å². The van der Waals surface area contributed by atoms with E-state index in [1.807, 2.05) is 18.3 Å². The molecular formula is C19H25N3O2. The number of fused-ring (bicyclic) bond motifs is 2. The van der Waals surface area contributed by atoms with Gasteiger partial charge >= 0.3 is 0 Å². The van der Waals surface area contributed by atoms with Crippen molar-refractivity contribution in [2.24, 2.45) is 0 Å². The van der Waals surface area contributed by atoms with Gasteiger partial charge in [-0.3, -0.25) is 9.58 Å². The lowest BCUT2D eigenvalue weighted by Crippen LogP contribution is -2.42. The van der Waals surface area contributed by atoms with Crippen LogP contribution in [0.1, 0.15) is 37.3 Å². The Bertz CT molecular complexity index is 650. The fourth-order valence-corrected chi connectivity index (χ4v) is 4.38. The van der Waals surface area contributed by atoms with E-state index in [-0.39, 0.29) is 0 Å². The minimum absolute atomic E-state index is 0.550. The number of nitrogens with zero attached hydrogens (tertiary/aromatic N) is 3. The van der Waals surface area contributed by atoms with E-state index >= 15 is 0 Å². The number of benzene rings is 1. The van der Waals surface area contributed by atoms with Crippen molar-refractivity contribution in [3.63, 3.8) is 0 Å². The molecule has 2 saturated heterocycles. The second-order valence-corrected chi connectivity index (χ2v) is 6.89. The highest BCUT2D eigenvalue weighted by molar-refractivity contribution is 5.38. The summed E-state index contributed by atoms with van der Waals surface area (Å²) in [6, 6.07) is 10.1. The minimum Gasteiger partial charge on any atom is -0.497 e. The SMILES string of the molecule is COc1cc(CN2C3CCC2CC(n2cccn2)C3)cc(OC)c1. The summed E-state index contributed by atoms with van der Waals surface area (Å²) in [5, 5.41) is 4.46. The van der Waals surface area contributed by atoms with E-state index < -0.39 is 0 Å². The first kappa shape index (κ1) is 15.5. The summed E-state index contributed by atoms with van der Waals surface area (Å²) >= 11 is 0. The summed E-state index contributed by atoms with van der Waals surface area (Å²) in [5.74, 6) is 1.73. The van der Waals surface area contributed by atoms with Crippen LogP contribution in [0.3, 0.4) is 0 Å². The molecular weight excluding hydrogens is 302 g/mol. The lowest BCUT2D eigenvalue weighted by molar-refractivity contribution is 0.0950. The van der Waals surface area contributed by atoms with Crippen molar-refractivity contribution in [3.05, 3.63) is 42.2 Å². The van der Waals surface area contributed by atoms with Gasteiger partial charge in [-0.25, -0.2) is 0 Å². The van der Waals surface area contributed by atoms with Crippen molar-refractivity contribution < 1.29 is 9.47 Å². The maximum Gasteiger partial charge on any atom is 0.122 e. The fourth-order valence-electron chi connectivity index (χ4n) is 4.38. The van der Waals surface area contributed by atoms with Crippen molar-refractivity contribution in [1.82, 2.24) is 14.7 Å². The number of hydrogen-bond acceptors (Lipinski definition) is 4. The molecule has 0 saturated carbocycles. The van der Waals surface area contributed by atoms with Crippen molar-refractivity contribution >= 4 is 0 Å². The minimum atomic E-state index is 0.550. The Balaban J connectivity index is 1.50. The predicted octanol–water partition coefficient (Wildman–Crippen LogP) is 3.27. The zero-order valence-corrected chi connectivity index (χ0v) is 14.4. The number of aromatic nitrogens is 2. The molecule has 5 heteroatoms. The fraction of sp³-hybridized carbons (Fsp3) is 0.526. The molecule has 1 aromatic carbocycles. The third-order valence-corrected chi connectivity index (χ3v) is 5.53. The molecule has 0 N–H and O–H groups in total. The Morgan fingerprint density at radius 1 is 1.00 bits per heavy atom. The number of ether oxygens (including phenoxy) is 2. The van der Waals surface area contributed by atoms with Gasteiger partial charge in [0, 0.05) is 37.1 Å². The van der Waals surface area contributed by atoms with Crippen LogP contribution in [0.25, 0.3) is 0 Å². The number of piperidine rings is 1. The molecule has 0 radical (unpaired) electrons. The summed E-state index contributed by atoms with van der Waals surface area (Å²) in [6.07, 6.45) is 8.97. The molecule has 2 aromatic rings. The van der Waals surface area contributed by atoms with Crippen LogP contribution < -0.4 is 9.47 Å². The molecule has 2 bridgehead atoms. The van der Waals surface area contributed by atoms with E-state index in [2.05, 4.69) is 33.0 Å². The number of hydrogen-bond donors (Lipinski definition) is 0. The van der Waals surface area contributed by atoms with Crippen LogP contribution in [0.2, 0.25) is 0 Å². The molecule has 128 valence electrons.